The lowest BCUT2D eigenvalue weighted by atomic mass is 9.82. The van der Waals surface area contributed by atoms with Crippen molar-refractivity contribution in [3.8, 4) is 0 Å². The van der Waals surface area contributed by atoms with E-state index >= 15 is 0 Å². The first kappa shape index (κ1) is 12.0. The van der Waals surface area contributed by atoms with Crippen molar-refractivity contribution in [2.75, 3.05) is 11.9 Å². The zero-order chi connectivity index (χ0) is 12.1. The van der Waals surface area contributed by atoms with Crippen LogP contribution in [0.2, 0.25) is 0 Å². The molecule has 4 heteroatoms. The average molecular weight is 234 g/mol. The molecule has 1 aliphatic carbocycles. The Balaban J connectivity index is 1.85. The average Bonchev–Trinajstić information content (AvgIpc) is 2.40. The largest absolute Gasteiger partial charge is 0.396 e. The van der Waals surface area contributed by atoms with E-state index in [-0.39, 0.29) is 18.4 Å². The molecule has 0 radical (unpaired) electrons. The molecule has 0 saturated heterocycles. The Morgan fingerprint density at radius 2 is 2.12 bits per heavy atom. The third kappa shape index (κ3) is 3.27. The molecule has 0 atom stereocenters. The summed E-state index contributed by atoms with van der Waals surface area (Å²) in [6.45, 7) is 0.245. The van der Waals surface area contributed by atoms with Crippen molar-refractivity contribution in [2.24, 2.45) is 11.8 Å². The van der Waals surface area contributed by atoms with Crippen LogP contribution in [0.5, 0.6) is 0 Å². The third-order valence-electron chi connectivity index (χ3n) is 3.39. The maximum atomic E-state index is 11.9. The van der Waals surface area contributed by atoms with Gasteiger partial charge in [-0.3, -0.25) is 4.79 Å². The fourth-order valence-corrected chi connectivity index (χ4v) is 2.27. The van der Waals surface area contributed by atoms with E-state index in [9.17, 15) is 4.79 Å². The Labute approximate surface area is 101 Å². The smallest absolute Gasteiger partial charge is 0.228 e. The summed E-state index contributed by atoms with van der Waals surface area (Å²) in [5, 5.41) is 11.9. The molecule has 2 N–H and O–H groups in total. The lowest BCUT2D eigenvalue weighted by Gasteiger charge is -2.26. The first-order valence-corrected chi connectivity index (χ1v) is 6.12. The maximum absolute atomic E-state index is 11.9. The quantitative estimate of drug-likeness (QED) is 0.838. The summed E-state index contributed by atoms with van der Waals surface area (Å²) in [4.78, 5) is 16.0. The van der Waals surface area contributed by atoms with Crippen molar-refractivity contribution in [3.05, 3.63) is 24.4 Å². The van der Waals surface area contributed by atoms with Crippen LogP contribution in [0.3, 0.4) is 0 Å². The van der Waals surface area contributed by atoms with Crippen molar-refractivity contribution in [1.29, 1.82) is 0 Å². The van der Waals surface area contributed by atoms with Gasteiger partial charge in [0.15, 0.2) is 0 Å². The monoisotopic (exact) mass is 234 g/mol. The fraction of sp³-hybridized carbons (Fsp3) is 0.538. The van der Waals surface area contributed by atoms with Crippen LogP contribution >= 0.6 is 0 Å². The highest BCUT2D eigenvalue weighted by Crippen LogP contribution is 2.29. The highest BCUT2D eigenvalue weighted by molar-refractivity contribution is 5.91. The summed E-state index contributed by atoms with van der Waals surface area (Å²) in [6, 6.07) is 5.46. The van der Waals surface area contributed by atoms with Crippen LogP contribution in [-0.2, 0) is 4.79 Å². The summed E-state index contributed by atoms with van der Waals surface area (Å²) in [7, 11) is 0. The second kappa shape index (κ2) is 5.77. The van der Waals surface area contributed by atoms with Gasteiger partial charge in [-0.25, -0.2) is 4.98 Å². The molecule has 17 heavy (non-hydrogen) atoms. The molecule has 0 aromatic carbocycles. The van der Waals surface area contributed by atoms with Gasteiger partial charge in [0.2, 0.25) is 5.91 Å². The van der Waals surface area contributed by atoms with E-state index in [1.165, 1.54) is 0 Å². The van der Waals surface area contributed by atoms with Crippen molar-refractivity contribution in [2.45, 2.75) is 25.7 Å². The summed E-state index contributed by atoms with van der Waals surface area (Å²) in [5.74, 6) is 1.12. The minimum atomic E-state index is 0.0556. The van der Waals surface area contributed by atoms with Crippen LogP contribution in [0.4, 0.5) is 5.82 Å². The molecular weight excluding hydrogens is 216 g/mol. The van der Waals surface area contributed by atoms with Crippen LogP contribution in [-0.4, -0.2) is 22.6 Å². The van der Waals surface area contributed by atoms with Gasteiger partial charge in [-0.1, -0.05) is 6.07 Å². The Hall–Kier alpha value is -1.42. The number of carbonyl (C=O) groups is 1. The number of hydrogen-bond acceptors (Lipinski definition) is 3. The van der Waals surface area contributed by atoms with Crippen LogP contribution < -0.4 is 5.32 Å². The molecule has 1 aliphatic rings. The van der Waals surface area contributed by atoms with E-state index in [0.29, 0.717) is 11.7 Å². The number of aliphatic hydroxyl groups excluding tert-OH is 1. The second-order valence-electron chi connectivity index (χ2n) is 4.60. The van der Waals surface area contributed by atoms with Crippen LogP contribution in [0.1, 0.15) is 25.7 Å². The van der Waals surface area contributed by atoms with Gasteiger partial charge in [-0.05, 0) is 43.7 Å². The number of carbonyl (C=O) groups excluding carboxylic acids is 1. The number of nitrogens with one attached hydrogen (secondary N) is 1. The lowest BCUT2D eigenvalue weighted by molar-refractivity contribution is -0.121. The molecular formula is C13H18N2O2. The molecule has 1 saturated carbocycles. The molecule has 1 aromatic heterocycles. The van der Waals surface area contributed by atoms with Crippen molar-refractivity contribution in [3.63, 3.8) is 0 Å². The number of amides is 1. The summed E-state index contributed by atoms with van der Waals surface area (Å²) in [5.41, 5.74) is 0. The number of aliphatic hydroxyl groups is 1. The summed E-state index contributed by atoms with van der Waals surface area (Å²) in [6.07, 6.45) is 5.28. The Bertz CT molecular complexity index is 359. The zero-order valence-electron chi connectivity index (χ0n) is 9.80. The molecule has 0 spiro atoms. The van der Waals surface area contributed by atoms with Gasteiger partial charge in [0.25, 0.3) is 0 Å². The highest BCUT2D eigenvalue weighted by atomic mass is 16.3. The molecule has 1 amide bonds. The van der Waals surface area contributed by atoms with E-state index in [1.54, 1.807) is 12.3 Å². The molecule has 2 rings (SSSR count). The van der Waals surface area contributed by atoms with Crippen molar-refractivity contribution >= 4 is 11.7 Å². The summed E-state index contributed by atoms with van der Waals surface area (Å²) >= 11 is 0. The molecule has 0 aliphatic heterocycles. The normalized spacial score (nSPS) is 24.3. The number of anilines is 1. The molecule has 0 bridgehead atoms. The minimum absolute atomic E-state index is 0.0556. The first-order chi connectivity index (χ1) is 8.29. The van der Waals surface area contributed by atoms with Gasteiger partial charge in [0.05, 0.1) is 0 Å². The van der Waals surface area contributed by atoms with Crippen molar-refractivity contribution < 1.29 is 9.90 Å². The Kier molecular flexibility index (Phi) is 4.09. The van der Waals surface area contributed by atoms with Crippen LogP contribution in [0.15, 0.2) is 24.4 Å². The molecule has 92 valence electrons. The third-order valence-corrected chi connectivity index (χ3v) is 3.39. The van der Waals surface area contributed by atoms with Crippen molar-refractivity contribution in [1.82, 2.24) is 4.98 Å². The standard InChI is InChI=1S/C13H18N2O2/c16-9-10-4-6-11(7-5-10)13(17)15-12-3-1-2-8-14-12/h1-3,8,10-11,16H,4-7,9H2,(H,14,15,17). The molecule has 4 nitrogen and oxygen atoms in total. The second-order valence-corrected chi connectivity index (χ2v) is 4.60. The van der Waals surface area contributed by atoms with Gasteiger partial charge in [-0.2, -0.15) is 0 Å². The number of pyridine rings is 1. The van der Waals surface area contributed by atoms with Gasteiger partial charge in [-0.15, -0.1) is 0 Å². The predicted molar refractivity (Wildman–Crippen MR) is 65.4 cm³/mol. The van der Waals surface area contributed by atoms with E-state index in [1.807, 2.05) is 12.1 Å². The van der Waals surface area contributed by atoms with Crippen LogP contribution in [0, 0.1) is 11.8 Å². The lowest BCUT2D eigenvalue weighted by Crippen LogP contribution is -2.28. The highest BCUT2D eigenvalue weighted by Gasteiger charge is 2.25. The SMILES string of the molecule is O=C(Nc1ccccn1)C1CCC(CO)CC1. The Morgan fingerprint density at radius 3 is 2.71 bits per heavy atom. The maximum Gasteiger partial charge on any atom is 0.228 e. The van der Waals surface area contributed by atoms with Gasteiger partial charge < -0.3 is 10.4 Å². The van der Waals surface area contributed by atoms with Crippen LogP contribution in [0.25, 0.3) is 0 Å². The fourth-order valence-electron chi connectivity index (χ4n) is 2.27. The summed E-state index contributed by atoms with van der Waals surface area (Å²) < 4.78 is 0. The topological polar surface area (TPSA) is 62.2 Å². The molecule has 0 unspecified atom stereocenters. The predicted octanol–water partition coefficient (Wildman–Crippen LogP) is 1.82. The van der Waals surface area contributed by atoms with E-state index in [2.05, 4.69) is 10.3 Å². The number of nitrogens with zero attached hydrogens (tertiary/aromatic N) is 1. The van der Waals surface area contributed by atoms with E-state index in [0.717, 1.165) is 25.7 Å². The Morgan fingerprint density at radius 1 is 1.35 bits per heavy atom. The van der Waals surface area contributed by atoms with E-state index < -0.39 is 0 Å². The molecule has 1 fully saturated rings. The van der Waals surface area contributed by atoms with Gasteiger partial charge in [0, 0.05) is 18.7 Å². The molecule has 1 aromatic rings. The molecule has 1 heterocycles. The number of rotatable bonds is 3. The van der Waals surface area contributed by atoms with Gasteiger partial charge in [0.1, 0.15) is 5.82 Å². The number of hydrogen-bond donors (Lipinski definition) is 2. The van der Waals surface area contributed by atoms with E-state index in [4.69, 9.17) is 5.11 Å². The number of aromatic nitrogens is 1. The van der Waals surface area contributed by atoms with Gasteiger partial charge >= 0.3 is 0 Å². The minimum Gasteiger partial charge on any atom is -0.396 e. The first-order valence-electron chi connectivity index (χ1n) is 6.12. The zero-order valence-corrected chi connectivity index (χ0v) is 9.80.